The van der Waals surface area contributed by atoms with Crippen LogP contribution in [-0.4, -0.2) is 21.0 Å². The van der Waals surface area contributed by atoms with E-state index in [0.717, 1.165) is 22.3 Å². The highest BCUT2D eigenvalue weighted by Gasteiger charge is 2.15. The lowest BCUT2D eigenvalue weighted by Gasteiger charge is -2.10. The summed E-state index contributed by atoms with van der Waals surface area (Å²) in [5, 5.41) is 0. The van der Waals surface area contributed by atoms with Gasteiger partial charge in [0.2, 0.25) is 0 Å². The van der Waals surface area contributed by atoms with Crippen LogP contribution in [0.15, 0.2) is 47.4 Å². The van der Waals surface area contributed by atoms with Crippen LogP contribution in [0.5, 0.6) is 0 Å². The second kappa shape index (κ2) is 8.96. The maximum absolute atomic E-state index is 12.0. The van der Waals surface area contributed by atoms with Crippen LogP contribution in [0.3, 0.4) is 0 Å². The minimum Gasteiger partial charge on any atom is -0.461 e. The average Bonchev–Trinajstić information content (AvgIpc) is 2.59. The zero-order valence-electron chi connectivity index (χ0n) is 15.3. The first kappa shape index (κ1) is 20.1. The van der Waals surface area contributed by atoms with E-state index in [9.17, 15) is 13.2 Å². The van der Waals surface area contributed by atoms with Crippen LogP contribution in [0.1, 0.15) is 35.1 Å². The molecule has 0 aromatic heterocycles. The molecule has 2 aromatic carbocycles. The van der Waals surface area contributed by atoms with Crippen LogP contribution in [0.2, 0.25) is 0 Å². The second-order valence-corrected chi connectivity index (χ2v) is 7.84. The van der Waals surface area contributed by atoms with Crippen LogP contribution in [-0.2, 0) is 30.4 Å². The van der Waals surface area contributed by atoms with E-state index in [4.69, 9.17) is 8.92 Å². The summed E-state index contributed by atoms with van der Waals surface area (Å²) in [4.78, 5) is 12.0. The Bertz CT molecular complexity index is 834. The first-order chi connectivity index (χ1) is 12.3. The molecule has 0 heterocycles. The molecule has 0 aliphatic carbocycles. The van der Waals surface area contributed by atoms with E-state index in [1.165, 1.54) is 12.1 Å². The number of carbonyl (C=O) groups excluding carboxylic acids is 1. The lowest BCUT2D eigenvalue weighted by atomic mass is 10.0. The summed E-state index contributed by atoms with van der Waals surface area (Å²) in [6, 6.07) is 12.3. The van der Waals surface area contributed by atoms with Crippen molar-refractivity contribution in [2.45, 2.75) is 45.1 Å². The van der Waals surface area contributed by atoms with E-state index in [2.05, 4.69) is 0 Å². The Morgan fingerprint density at radius 1 is 0.962 bits per heavy atom. The predicted octanol–water partition coefficient (Wildman–Crippen LogP) is 3.84. The molecule has 0 saturated heterocycles. The second-order valence-electron chi connectivity index (χ2n) is 6.22. The van der Waals surface area contributed by atoms with Gasteiger partial charge in [0.15, 0.2) is 0 Å². The molecule has 140 valence electrons. The Kier molecular flexibility index (Phi) is 6.94. The van der Waals surface area contributed by atoms with Crippen molar-refractivity contribution in [3.05, 3.63) is 64.7 Å². The molecule has 0 radical (unpaired) electrons. The molecule has 0 unspecified atom stereocenters. The van der Waals surface area contributed by atoms with E-state index < -0.39 is 10.1 Å². The Morgan fingerprint density at radius 2 is 1.58 bits per heavy atom. The molecular weight excluding hydrogens is 352 g/mol. The number of hydrogen-bond acceptors (Lipinski definition) is 5. The standard InChI is InChI=1S/C20H24O5S/c1-15-9-11-18(12-10-15)26(22,23)25-13-5-8-20(21)24-14-19-16(2)6-4-7-17(19)3/h4,6-7,9-12H,5,8,13-14H2,1-3H3. The molecular formula is C20H24O5S. The van der Waals surface area contributed by atoms with Crippen molar-refractivity contribution in [2.24, 2.45) is 0 Å². The lowest BCUT2D eigenvalue weighted by molar-refractivity contribution is -0.145. The molecule has 0 saturated carbocycles. The number of esters is 1. The van der Waals surface area contributed by atoms with Crippen molar-refractivity contribution in [3.63, 3.8) is 0 Å². The molecule has 0 bridgehead atoms. The van der Waals surface area contributed by atoms with Gasteiger partial charge < -0.3 is 4.74 Å². The number of aryl methyl sites for hydroxylation is 3. The first-order valence-electron chi connectivity index (χ1n) is 8.46. The third kappa shape index (κ3) is 5.68. The van der Waals surface area contributed by atoms with Crippen molar-refractivity contribution in [1.82, 2.24) is 0 Å². The van der Waals surface area contributed by atoms with E-state index >= 15 is 0 Å². The molecule has 0 atom stereocenters. The number of rotatable bonds is 8. The number of ether oxygens (including phenoxy) is 1. The van der Waals surface area contributed by atoms with Crippen molar-refractivity contribution in [2.75, 3.05) is 6.61 Å². The molecule has 0 N–H and O–H groups in total. The summed E-state index contributed by atoms with van der Waals surface area (Å²) >= 11 is 0. The summed E-state index contributed by atoms with van der Waals surface area (Å²) in [6.07, 6.45) is 0.380. The van der Waals surface area contributed by atoms with Crippen molar-refractivity contribution in [1.29, 1.82) is 0 Å². The van der Waals surface area contributed by atoms with Gasteiger partial charge in [0, 0.05) is 6.42 Å². The smallest absolute Gasteiger partial charge is 0.306 e. The summed E-state index contributed by atoms with van der Waals surface area (Å²) in [5.74, 6) is -0.371. The molecule has 2 aromatic rings. The largest absolute Gasteiger partial charge is 0.461 e. The number of benzene rings is 2. The van der Waals surface area contributed by atoms with Crippen LogP contribution >= 0.6 is 0 Å². The van der Waals surface area contributed by atoms with E-state index in [1.54, 1.807) is 12.1 Å². The lowest BCUT2D eigenvalue weighted by Crippen LogP contribution is -2.11. The topological polar surface area (TPSA) is 69.7 Å². The summed E-state index contributed by atoms with van der Waals surface area (Å²) in [7, 11) is -3.79. The maximum atomic E-state index is 12.0. The normalized spacial score (nSPS) is 11.3. The Labute approximate surface area is 155 Å². The third-order valence-corrected chi connectivity index (χ3v) is 5.42. The first-order valence-corrected chi connectivity index (χ1v) is 9.87. The highest BCUT2D eigenvalue weighted by Crippen LogP contribution is 2.16. The maximum Gasteiger partial charge on any atom is 0.306 e. The van der Waals surface area contributed by atoms with E-state index in [0.29, 0.717) is 0 Å². The van der Waals surface area contributed by atoms with Gasteiger partial charge in [-0.3, -0.25) is 8.98 Å². The molecule has 0 aliphatic heterocycles. The third-order valence-electron chi connectivity index (χ3n) is 4.10. The van der Waals surface area contributed by atoms with Gasteiger partial charge >= 0.3 is 5.97 Å². The minimum absolute atomic E-state index is 0.0608. The van der Waals surface area contributed by atoms with Gasteiger partial charge in [0.1, 0.15) is 6.61 Å². The monoisotopic (exact) mass is 376 g/mol. The molecule has 0 spiro atoms. The predicted molar refractivity (Wildman–Crippen MR) is 99.3 cm³/mol. The molecule has 2 rings (SSSR count). The summed E-state index contributed by atoms with van der Waals surface area (Å²) < 4.78 is 34.3. The van der Waals surface area contributed by atoms with Gasteiger partial charge in [-0.1, -0.05) is 35.9 Å². The highest BCUT2D eigenvalue weighted by molar-refractivity contribution is 7.86. The zero-order chi connectivity index (χ0) is 19.2. The average molecular weight is 376 g/mol. The fraction of sp³-hybridized carbons (Fsp3) is 0.350. The Hall–Kier alpha value is -2.18. The van der Waals surface area contributed by atoms with E-state index in [1.807, 2.05) is 39.0 Å². The van der Waals surface area contributed by atoms with Crippen LogP contribution < -0.4 is 0 Å². The van der Waals surface area contributed by atoms with Gasteiger partial charge in [-0.05, 0) is 56.0 Å². The van der Waals surface area contributed by atoms with Gasteiger partial charge in [0.05, 0.1) is 11.5 Å². The summed E-state index contributed by atoms with van der Waals surface area (Å²) in [6.45, 7) is 5.98. The van der Waals surface area contributed by atoms with Gasteiger partial charge in [0.25, 0.3) is 10.1 Å². The van der Waals surface area contributed by atoms with E-state index in [-0.39, 0.29) is 36.9 Å². The SMILES string of the molecule is Cc1ccc(S(=O)(=O)OCCCC(=O)OCc2c(C)cccc2C)cc1. The van der Waals surface area contributed by atoms with Gasteiger partial charge in [-0.15, -0.1) is 0 Å². The van der Waals surface area contributed by atoms with Crippen LogP contribution in [0.25, 0.3) is 0 Å². The molecule has 0 aliphatic rings. The molecule has 5 nitrogen and oxygen atoms in total. The van der Waals surface area contributed by atoms with Crippen molar-refractivity contribution >= 4 is 16.1 Å². The Balaban J connectivity index is 1.75. The highest BCUT2D eigenvalue weighted by atomic mass is 32.2. The number of hydrogen-bond donors (Lipinski definition) is 0. The quantitative estimate of drug-likeness (QED) is 0.398. The van der Waals surface area contributed by atoms with Crippen molar-refractivity contribution in [3.8, 4) is 0 Å². The van der Waals surface area contributed by atoms with Gasteiger partial charge in [-0.2, -0.15) is 8.42 Å². The molecule has 6 heteroatoms. The minimum atomic E-state index is -3.79. The zero-order valence-corrected chi connectivity index (χ0v) is 16.1. The molecule has 26 heavy (non-hydrogen) atoms. The van der Waals surface area contributed by atoms with Crippen LogP contribution in [0.4, 0.5) is 0 Å². The molecule has 0 fully saturated rings. The summed E-state index contributed by atoms with van der Waals surface area (Å²) in [5.41, 5.74) is 4.12. The van der Waals surface area contributed by atoms with Gasteiger partial charge in [-0.25, -0.2) is 0 Å². The van der Waals surface area contributed by atoms with Crippen molar-refractivity contribution < 1.29 is 22.1 Å². The molecule has 0 amide bonds. The Morgan fingerprint density at radius 3 is 2.19 bits per heavy atom. The fourth-order valence-electron chi connectivity index (χ4n) is 2.46. The fourth-order valence-corrected chi connectivity index (χ4v) is 3.40. The number of carbonyl (C=O) groups is 1. The van der Waals surface area contributed by atoms with Crippen LogP contribution in [0, 0.1) is 20.8 Å².